The summed E-state index contributed by atoms with van der Waals surface area (Å²) in [5.74, 6) is -0.115. The molecule has 0 saturated heterocycles. The Balaban J connectivity index is 2.68. The maximum absolute atomic E-state index is 12.2. The standard InChI is InChI=1S/C14H25N3O2/c1-4-6-17-9-11(15)8-12(17)13(19)16-10-14(2,3)5-7-18/h8-9,18H,4-7,10,15H2,1-3H3,(H,16,19). The minimum Gasteiger partial charge on any atom is -0.397 e. The van der Waals surface area contributed by atoms with Gasteiger partial charge in [-0.05, 0) is 24.3 Å². The molecule has 0 radical (unpaired) electrons. The Labute approximate surface area is 114 Å². The minimum absolute atomic E-state index is 0.113. The Bertz CT molecular complexity index is 424. The summed E-state index contributed by atoms with van der Waals surface area (Å²) in [4.78, 5) is 12.2. The number of aromatic nitrogens is 1. The molecule has 4 N–H and O–H groups in total. The molecule has 0 unspecified atom stereocenters. The summed E-state index contributed by atoms with van der Waals surface area (Å²) in [7, 11) is 0. The average molecular weight is 267 g/mol. The van der Waals surface area contributed by atoms with E-state index in [2.05, 4.69) is 12.2 Å². The number of aryl methyl sites for hydroxylation is 1. The van der Waals surface area contributed by atoms with Gasteiger partial charge < -0.3 is 20.7 Å². The molecule has 1 rings (SSSR count). The maximum atomic E-state index is 12.2. The summed E-state index contributed by atoms with van der Waals surface area (Å²) in [6.45, 7) is 7.53. The fourth-order valence-electron chi connectivity index (χ4n) is 1.95. The SMILES string of the molecule is CCCn1cc(N)cc1C(=O)NCC(C)(C)CCO. The Morgan fingerprint density at radius 1 is 1.53 bits per heavy atom. The van der Waals surface area contributed by atoms with E-state index >= 15 is 0 Å². The van der Waals surface area contributed by atoms with Gasteiger partial charge in [0.2, 0.25) is 0 Å². The second kappa shape index (κ2) is 6.61. The minimum atomic E-state index is -0.115. The highest BCUT2D eigenvalue weighted by atomic mass is 16.3. The normalized spacial score (nSPS) is 11.6. The quantitative estimate of drug-likeness (QED) is 0.702. The van der Waals surface area contributed by atoms with Gasteiger partial charge in [0, 0.05) is 25.9 Å². The molecule has 0 atom stereocenters. The third kappa shape index (κ3) is 4.59. The van der Waals surface area contributed by atoms with E-state index in [1.165, 1.54) is 0 Å². The van der Waals surface area contributed by atoms with Crippen LogP contribution in [0.5, 0.6) is 0 Å². The van der Waals surface area contributed by atoms with Crippen molar-refractivity contribution in [2.24, 2.45) is 5.41 Å². The van der Waals surface area contributed by atoms with Gasteiger partial charge in [-0.25, -0.2) is 0 Å². The van der Waals surface area contributed by atoms with E-state index in [1.54, 1.807) is 12.3 Å². The van der Waals surface area contributed by atoms with Crippen LogP contribution in [0.1, 0.15) is 44.1 Å². The van der Waals surface area contributed by atoms with Crippen molar-refractivity contribution < 1.29 is 9.90 Å². The topological polar surface area (TPSA) is 80.3 Å². The van der Waals surface area contributed by atoms with E-state index in [1.807, 2.05) is 18.4 Å². The molecule has 0 bridgehead atoms. The van der Waals surface area contributed by atoms with Gasteiger partial charge in [-0.3, -0.25) is 4.79 Å². The molecule has 5 heteroatoms. The molecule has 0 aliphatic rings. The summed E-state index contributed by atoms with van der Waals surface area (Å²) in [6, 6.07) is 1.70. The molecule has 5 nitrogen and oxygen atoms in total. The van der Waals surface area contributed by atoms with Crippen LogP contribution in [0.25, 0.3) is 0 Å². The van der Waals surface area contributed by atoms with Crippen molar-refractivity contribution in [3.63, 3.8) is 0 Å². The van der Waals surface area contributed by atoms with Gasteiger partial charge >= 0.3 is 0 Å². The van der Waals surface area contributed by atoms with Crippen molar-refractivity contribution in [1.82, 2.24) is 9.88 Å². The first-order valence-electron chi connectivity index (χ1n) is 6.74. The molecular weight excluding hydrogens is 242 g/mol. The molecule has 108 valence electrons. The number of nitrogens with two attached hydrogens (primary N) is 1. The second-order valence-electron chi connectivity index (χ2n) is 5.67. The molecule has 0 spiro atoms. The lowest BCUT2D eigenvalue weighted by Crippen LogP contribution is -2.35. The van der Waals surface area contributed by atoms with Crippen LogP contribution in [0.3, 0.4) is 0 Å². The van der Waals surface area contributed by atoms with Crippen molar-refractivity contribution in [2.45, 2.75) is 40.2 Å². The number of nitrogens with zero attached hydrogens (tertiary/aromatic N) is 1. The first-order chi connectivity index (χ1) is 8.89. The van der Waals surface area contributed by atoms with Crippen LogP contribution in [-0.4, -0.2) is 28.7 Å². The van der Waals surface area contributed by atoms with Crippen molar-refractivity contribution in [3.8, 4) is 0 Å². The number of nitrogens with one attached hydrogen (secondary N) is 1. The molecular formula is C14H25N3O2. The van der Waals surface area contributed by atoms with Gasteiger partial charge in [0.05, 0.1) is 5.69 Å². The largest absolute Gasteiger partial charge is 0.397 e. The predicted molar refractivity (Wildman–Crippen MR) is 77.0 cm³/mol. The molecule has 1 aromatic rings. The maximum Gasteiger partial charge on any atom is 0.268 e. The summed E-state index contributed by atoms with van der Waals surface area (Å²) in [5.41, 5.74) is 6.83. The molecule has 0 fully saturated rings. The second-order valence-corrected chi connectivity index (χ2v) is 5.67. The Hall–Kier alpha value is -1.49. The van der Waals surface area contributed by atoms with Crippen molar-refractivity contribution in [3.05, 3.63) is 18.0 Å². The predicted octanol–water partition coefficient (Wildman–Crippen LogP) is 1.62. The Morgan fingerprint density at radius 2 is 2.21 bits per heavy atom. The number of hydrogen-bond donors (Lipinski definition) is 3. The van der Waals surface area contributed by atoms with Crippen LogP contribution in [-0.2, 0) is 6.54 Å². The van der Waals surface area contributed by atoms with Gasteiger partial charge in [0.25, 0.3) is 5.91 Å². The molecule has 0 saturated carbocycles. The summed E-state index contributed by atoms with van der Waals surface area (Å²) in [6.07, 6.45) is 3.40. The number of amides is 1. The van der Waals surface area contributed by atoms with Crippen LogP contribution in [0.15, 0.2) is 12.3 Å². The van der Waals surface area contributed by atoms with Crippen LogP contribution < -0.4 is 11.1 Å². The molecule has 1 heterocycles. The third-order valence-corrected chi connectivity index (χ3v) is 3.13. The fraction of sp³-hybridized carbons (Fsp3) is 0.643. The molecule has 0 aromatic carbocycles. The highest BCUT2D eigenvalue weighted by molar-refractivity contribution is 5.93. The number of carbonyl (C=O) groups is 1. The lowest BCUT2D eigenvalue weighted by Gasteiger charge is -2.23. The van der Waals surface area contributed by atoms with Crippen LogP contribution in [0.2, 0.25) is 0 Å². The monoisotopic (exact) mass is 267 g/mol. The van der Waals surface area contributed by atoms with Gasteiger partial charge in [0.1, 0.15) is 5.69 Å². The van der Waals surface area contributed by atoms with Crippen molar-refractivity contribution in [1.29, 1.82) is 0 Å². The lowest BCUT2D eigenvalue weighted by molar-refractivity contribution is 0.0918. The number of hydrogen-bond acceptors (Lipinski definition) is 3. The number of aliphatic hydroxyl groups excluding tert-OH is 1. The summed E-state index contributed by atoms with van der Waals surface area (Å²) < 4.78 is 1.88. The summed E-state index contributed by atoms with van der Waals surface area (Å²) in [5, 5.41) is 11.9. The van der Waals surface area contributed by atoms with Gasteiger partial charge in [0.15, 0.2) is 0 Å². The molecule has 0 aliphatic heterocycles. The van der Waals surface area contributed by atoms with Gasteiger partial charge in [-0.1, -0.05) is 20.8 Å². The van der Waals surface area contributed by atoms with E-state index in [0.29, 0.717) is 24.3 Å². The summed E-state index contributed by atoms with van der Waals surface area (Å²) >= 11 is 0. The lowest BCUT2D eigenvalue weighted by atomic mass is 9.90. The van der Waals surface area contributed by atoms with Crippen LogP contribution in [0, 0.1) is 5.41 Å². The number of anilines is 1. The zero-order chi connectivity index (χ0) is 14.5. The van der Waals surface area contributed by atoms with E-state index < -0.39 is 0 Å². The zero-order valence-electron chi connectivity index (χ0n) is 12.1. The first kappa shape index (κ1) is 15.6. The van der Waals surface area contributed by atoms with Crippen LogP contribution >= 0.6 is 0 Å². The third-order valence-electron chi connectivity index (χ3n) is 3.13. The average Bonchev–Trinajstić information content (AvgIpc) is 2.68. The number of rotatable bonds is 7. The highest BCUT2D eigenvalue weighted by Crippen LogP contribution is 2.18. The molecule has 1 amide bonds. The smallest absolute Gasteiger partial charge is 0.268 e. The molecule has 19 heavy (non-hydrogen) atoms. The zero-order valence-corrected chi connectivity index (χ0v) is 12.1. The van der Waals surface area contributed by atoms with Gasteiger partial charge in [-0.15, -0.1) is 0 Å². The Morgan fingerprint density at radius 3 is 2.79 bits per heavy atom. The number of carbonyl (C=O) groups excluding carboxylic acids is 1. The van der Waals surface area contributed by atoms with Crippen molar-refractivity contribution in [2.75, 3.05) is 18.9 Å². The van der Waals surface area contributed by atoms with Crippen molar-refractivity contribution >= 4 is 11.6 Å². The molecule has 1 aromatic heterocycles. The number of aliphatic hydroxyl groups is 1. The molecule has 0 aliphatic carbocycles. The number of nitrogen functional groups attached to an aromatic ring is 1. The van der Waals surface area contributed by atoms with E-state index in [0.717, 1.165) is 13.0 Å². The van der Waals surface area contributed by atoms with E-state index in [-0.39, 0.29) is 17.9 Å². The first-order valence-corrected chi connectivity index (χ1v) is 6.74. The Kier molecular flexibility index (Phi) is 5.42. The van der Waals surface area contributed by atoms with Crippen LogP contribution in [0.4, 0.5) is 5.69 Å². The van der Waals surface area contributed by atoms with E-state index in [9.17, 15) is 4.79 Å². The highest BCUT2D eigenvalue weighted by Gasteiger charge is 2.20. The van der Waals surface area contributed by atoms with E-state index in [4.69, 9.17) is 10.8 Å². The van der Waals surface area contributed by atoms with Gasteiger partial charge in [-0.2, -0.15) is 0 Å². The fourth-order valence-corrected chi connectivity index (χ4v) is 1.95.